The molecule has 4 nitrogen and oxygen atoms in total. The molecule has 1 aromatic heterocycles. The predicted molar refractivity (Wildman–Crippen MR) is 88.9 cm³/mol. The van der Waals surface area contributed by atoms with Gasteiger partial charge in [-0.05, 0) is 30.9 Å². The Labute approximate surface area is 132 Å². The van der Waals surface area contributed by atoms with Crippen molar-refractivity contribution in [3.63, 3.8) is 0 Å². The lowest BCUT2D eigenvalue weighted by Gasteiger charge is -2.18. The predicted octanol–water partition coefficient (Wildman–Crippen LogP) is 3.24. The van der Waals surface area contributed by atoms with Crippen LogP contribution in [0.25, 0.3) is 0 Å². The van der Waals surface area contributed by atoms with Crippen molar-refractivity contribution >= 4 is 5.69 Å². The summed E-state index contributed by atoms with van der Waals surface area (Å²) in [7, 11) is 0. The molecule has 1 aliphatic heterocycles. The Hall–Kier alpha value is -1.81. The molecule has 1 N–H and O–H groups in total. The third-order valence-corrected chi connectivity index (χ3v) is 4.10. The van der Waals surface area contributed by atoms with Gasteiger partial charge in [0, 0.05) is 30.9 Å². The highest BCUT2D eigenvalue weighted by atomic mass is 16.5. The maximum Gasteiger partial charge on any atom is 0.150 e. The van der Waals surface area contributed by atoms with Crippen LogP contribution in [-0.2, 0) is 13.0 Å². The number of aromatic nitrogens is 1. The number of para-hydroxylation sites is 1. The molecule has 0 aliphatic carbocycles. The molecule has 1 unspecified atom stereocenters. The van der Waals surface area contributed by atoms with Gasteiger partial charge in [0.25, 0.3) is 0 Å². The minimum Gasteiger partial charge on any atom is -0.370 e. The zero-order chi connectivity index (χ0) is 15.4. The van der Waals surface area contributed by atoms with Gasteiger partial charge in [-0.15, -0.1) is 0 Å². The standard InChI is InChI=1S/C18H25N3O/c1-14(2)10-16-11-18(22-20-16)12-19-15-8-9-21(13-15)17-6-4-3-5-7-17/h3-7,11,14-15,19H,8-10,12-13H2,1-2H3. The molecule has 3 rings (SSSR count). The highest BCUT2D eigenvalue weighted by molar-refractivity contribution is 5.47. The van der Waals surface area contributed by atoms with E-state index in [0.717, 1.165) is 37.5 Å². The molecule has 0 bridgehead atoms. The van der Waals surface area contributed by atoms with Crippen LogP contribution in [0.5, 0.6) is 0 Å². The molecule has 1 saturated heterocycles. The number of nitrogens with zero attached hydrogens (tertiary/aromatic N) is 2. The quantitative estimate of drug-likeness (QED) is 0.889. The smallest absolute Gasteiger partial charge is 0.150 e. The van der Waals surface area contributed by atoms with Crippen LogP contribution in [0.1, 0.15) is 31.7 Å². The first-order chi connectivity index (χ1) is 10.7. The van der Waals surface area contributed by atoms with Crippen LogP contribution < -0.4 is 10.2 Å². The van der Waals surface area contributed by atoms with Crippen molar-refractivity contribution in [2.45, 2.75) is 39.3 Å². The Morgan fingerprint density at radius 3 is 2.91 bits per heavy atom. The number of hydrogen-bond donors (Lipinski definition) is 1. The Morgan fingerprint density at radius 2 is 2.14 bits per heavy atom. The van der Waals surface area contributed by atoms with Gasteiger partial charge in [0.2, 0.25) is 0 Å². The molecular formula is C18H25N3O. The van der Waals surface area contributed by atoms with Crippen molar-refractivity contribution in [3.8, 4) is 0 Å². The minimum atomic E-state index is 0.513. The molecule has 0 saturated carbocycles. The van der Waals surface area contributed by atoms with Gasteiger partial charge in [-0.1, -0.05) is 37.2 Å². The third kappa shape index (κ3) is 3.89. The van der Waals surface area contributed by atoms with Gasteiger partial charge in [0.1, 0.15) is 0 Å². The maximum atomic E-state index is 5.41. The fourth-order valence-electron chi connectivity index (χ4n) is 3.00. The maximum absolute atomic E-state index is 5.41. The second-order valence-electron chi connectivity index (χ2n) is 6.53. The summed E-state index contributed by atoms with van der Waals surface area (Å²) in [5.74, 6) is 1.55. The molecular weight excluding hydrogens is 274 g/mol. The average molecular weight is 299 g/mol. The second-order valence-corrected chi connectivity index (χ2v) is 6.53. The summed E-state index contributed by atoms with van der Waals surface area (Å²) in [6, 6.07) is 13.2. The van der Waals surface area contributed by atoms with Gasteiger partial charge in [0.05, 0.1) is 12.2 Å². The Kier molecular flexibility index (Phi) is 4.78. The molecule has 22 heavy (non-hydrogen) atoms. The minimum absolute atomic E-state index is 0.513. The lowest BCUT2D eigenvalue weighted by atomic mass is 10.1. The van der Waals surface area contributed by atoms with Crippen molar-refractivity contribution in [2.75, 3.05) is 18.0 Å². The van der Waals surface area contributed by atoms with E-state index in [2.05, 4.69) is 65.6 Å². The van der Waals surface area contributed by atoms with Gasteiger partial charge in [-0.2, -0.15) is 0 Å². The number of benzene rings is 1. The Balaban J connectivity index is 1.48. The van der Waals surface area contributed by atoms with E-state index in [9.17, 15) is 0 Å². The number of anilines is 1. The summed E-state index contributed by atoms with van der Waals surface area (Å²) in [5.41, 5.74) is 2.37. The fraction of sp³-hybridized carbons (Fsp3) is 0.500. The van der Waals surface area contributed by atoms with Gasteiger partial charge in [-0.3, -0.25) is 0 Å². The van der Waals surface area contributed by atoms with Crippen molar-refractivity contribution in [1.82, 2.24) is 10.5 Å². The number of hydrogen-bond acceptors (Lipinski definition) is 4. The number of nitrogens with one attached hydrogen (secondary N) is 1. The van der Waals surface area contributed by atoms with E-state index in [-0.39, 0.29) is 0 Å². The first-order valence-electron chi connectivity index (χ1n) is 8.18. The molecule has 0 spiro atoms. The zero-order valence-electron chi connectivity index (χ0n) is 13.5. The van der Waals surface area contributed by atoms with E-state index in [0.29, 0.717) is 12.0 Å². The topological polar surface area (TPSA) is 41.3 Å². The third-order valence-electron chi connectivity index (χ3n) is 4.10. The molecule has 1 aromatic carbocycles. The molecule has 0 radical (unpaired) electrons. The Morgan fingerprint density at radius 1 is 1.32 bits per heavy atom. The van der Waals surface area contributed by atoms with Crippen LogP contribution in [0, 0.1) is 5.92 Å². The SMILES string of the molecule is CC(C)Cc1cc(CNC2CCN(c3ccccc3)C2)on1. The van der Waals surface area contributed by atoms with Crippen LogP contribution in [-0.4, -0.2) is 24.3 Å². The van der Waals surface area contributed by atoms with Crippen LogP contribution in [0.4, 0.5) is 5.69 Å². The summed E-state index contributed by atoms with van der Waals surface area (Å²) in [6.45, 7) is 7.32. The van der Waals surface area contributed by atoms with Gasteiger partial charge in [0.15, 0.2) is 5.76 Å². The van der Waals surface area contributed by atoms with Crippen molar-refractivity contribution < 1.29 is 4.52 Å². The molecule has 2 aromatic rings. The first kappa shape index (κ1) is 15.1. The summed E-state index contributed by atoms with van der Waals surface area (Å²) < 4.78 is 5.41. The van der Waals surface area contributed by atoms with Crippen LogP contribution in [0.15, 0.2) is 40.9 Å². The zero-order valence-corrected chi connectivity index (χ0v) is 13.5. The molecule has 1 aliphatic rings. The largest absolute Gasteiger partial charge is 0.370 e. The van der Waals surface area contributed by atoms with E-state index in [1.165, 1.54) is 12.1 Å². The van der Waals surface area contributed by atoms with Gasteiger partial charge < -0.3 is 14.7 Å². The summed E-state index contributed by atoms with van der Waals surface area (Å²) in [4.78, 5) is 2.43. The van der Waals surface area contributed by atoms with E-state index in [1.807, 2.05) is 0 Å². The second kappa shape index (κ2) is 6.97. The molecule has 4 heteroatoms. The lowest BCUT2D eigenvalue weighted by molar-refractivity contribution is 0.358. The highest BCUT2D eigenvalue weighted by Gasteiger charge is 2.22. The van der Waals surface area contributed by atoms with Crippen LogP contribution in [0.2, 0.25) is 0 Å². The summed E-state index contributed by atoms with van der Waals surface area (Å²) in [6.07, 6.45) is 2.15. The van der Waals surface area contributed by atoms with E-state index in [4.69, 9.17) is 4.52 Å². The fourth-order valence-corrected chi connectivity index (χ4v) is 3.00. The van der Waals surface area contributed by atoms with E-state index < -0.39 is 0 Å². The lowest BCUT2D eigenvalue weighted by Crippen LogP contribution is -2.31. The number of rotatable bonds is 6. The van der Waals surface area contributed by atoms with Crippen molar-refractivity contribution in [1.29, 1.82) is 0 Å². The summed E-state index contributed by atoms with van der Waals surface area (Å²) >= 11 is 0. The molecule has 118 valence electrons. The van der Waals surface area contributed by atoms with Gasteiger partial charge in [-0.25, -0.2) is 0 Å². The normalized spacial score (nSPS) is 18.3. The average Bonchev–Trinajstić information content (AvgIpc) is 3.15. The Bertz CT molecular complexity index is 579. The van der Waals surface area contributed by atoms with E-state index >= 15 is 0 Å². The first-order valence-corrected chi connectivity index (χ1v) is 8.18. The molecule has 2 heterocycles. The molecule has 0 amide bonds. The van der Waals surface area contributed by atoms with E-state index in [1.54, 1.807) is 0 Å². The summed E-state index contributed by atoms with van der Waals surface area (Å²) in [5, 5.41) is 7.73. The monoisotopic (exact) mass is 299 g/mol. The van der Waals surface area contributed by atoms with Crippen LogP contribution >= 0.6 is 0 Å². The molecule has 1 fully saturated rings. The highest BCUT2D eigenvalue weighted by Crippen LogP contribution is 2.20. The molecule has 1 atom stereocenters. The van der Waals surface area contributed by atoms with Crippen molar-refractivity contribution in [3.05, 3.63) is 47.9 Å². The van der Waals surface area contributed by atoms with Gasteiger partial charge >= 0.3 is 0 Å². The van der Waals surface area contributed by atoms with Crippen LogP contribution in [0.3, 0.4) is 0 Å². The van der Waals surface area contributed by atoms with Crippen molar-refractivity contribution in [2.24, 2.45) is 5.92 Å².